The van der Waals surface area contributed by atoms with Crippen molar-refractivity contribution in [3.63, 3.8) is 0 Å². The summed E-state index contributed by atoms with van der Waals surface area (Å²) in [7, 11) is -2.56. The third kappa shape index (κ3) is 3.17. The molecule has 0 amide bonds. The van der Waals surface area contributed by atoms with E-state index in [4.69, 9.17) is 21.0 Å². The van der Waals surface area contributed by atoms with Gasteiger partial charge in [-0.15, -0.1) is 4.47 Å². The molecule has 1 saturated carbocycles. The first-order chi connectivity index (χ1) is 11.3. The summed E-state index contributed by atoms with van der Waals surface area (Å²) in [5, 5.41) is 3.98. The molecule has 1 aliphatic rings. The number of rotatable bonds is 6. The molecule has 7 nitrogen and oxygen atoms in total. The van der Waals surface area contributed by atoms with E-state index in [0.29, 0.717) is 15.8 Å². The number of ketones is 1. The van der Waals surface area contributed by atoms with Gasteiger partial charge in [-0.25, -0.2) is 8.42 Å². The Labute approximate surface area is 144 Å². The Morgan fingerprint density at radius 1 is 1.38 bits per heavy atom. The lowest BCUT2D eigenvalue weighted by Crippen LogP contribution is -2.30. The van der Waals surface area contributed by atoms with E-state index in [-0.39, 0.29) is 22.2 Å². The van der Waals surface area contributed by atoms with Gasteiger partial charge in [0.15, 0.2) is 11.5 Å². The van der Waals surface area contributed by atoms with Gasteiger partial charge in [0.25, 0.3) is 10.0 Å². The van der Waals surface area contributed by atoms with E-state index in [1.165, 1.54) is 31.5 Å². The van der Waals surface area contributed by atoms with Gasteiger partial charge < -0.3 is 4.52 Å². The van der Waals surface area contributed by atoms with Crippen molar-refractivity contribution in [2.24, 2.45) is 0 Å². The Bertz CT molecular complexity index is 889. The number of aromatic nitrogens is 1. The highest BCUT2D eigenvalue weighted by Gasteiger charge is 2.34. The van der Waals surface area contributed by atoms with Crippen molar-refractivity contribution < 1.29 is 22.6 Å². The quantitative estimate of drug-likeness (QED) is 0.573. The maximum Gasteiger partial charge on any atom is 0.254 e. The van der Waals surface area contributed by atoms with Crippen LogP contribution in [0.3, 0.4) is 0 Å². The molecule has 24 heavy (non-hydrogen) atoms. The molecule has 0 atom stereocenters. The monoisotopic (exact) mass is 370 g/mol. The van der Waals surface area contributed by atoms with Crippen LogP contribution in [0.15, 0.2) is 28.9 Å². The highest BCUT2D eigenvalue weighted by Crippen LogP contribution is 2.42. The molecule has 0 spiro atoms. The summed E-state index contributed by atoms with van der Waals surface area (Å²) in [5.74, 6) is 0.329. The van der Waals surface area contributed by atoms with Crippen LogP contribution in [0.1, 0.15) is 40.4 Å². The van der Waals surface area contributed by atoms with E-state index in [9.17, 15) is 13.2 Å². The number of nitrogens with zero attached hydrogens (tertiary/aromatic N) is 2. The second-order valence-electron chi connectivity index (χ2n) is 5.54. The summed E-state index contributed by atoms with van der Waals surface area (Å²) in [6.07, 6.45) is 4.21. The first-order valence-corrected chi connectivity index (χ1v) is 9.38. The first-order valence-electron chi connectivity index (χ1n) is 7.16. The summed E-state index contributed by atoms with van der Waals surface area (Å²) in [4.78, 5) is 17.9. The number of halogens is 1. The molecule has 0 unspecified atom stereocenters. The van der Waals surface area contributed by atoms with Crippen LogP contribution >= 0.6 is 11.6 Å². The molecule has 9 heteroatoms. The summed E-state index contributed by atoms with van der Waals surface area (Å²) < 4.78 is 29.7. The Kier molecular flexibility index (Phi) is 4.37. The molecule has 0 aliphatic heterocycles. The van der Waals surface area contributed by atoms with E-state index < -0.39 is 15.8 Å². The van der Waals surface area contributed by atoms with Gasteiger partial charge in [0, 0.05) is 16.5 Å². The first kappa shape index (κ1) is 16.9. The molecular weight excluding hydrogens is 356 g/mol. The number of hydrogen-bond acceptors (Lipinski definition) is 6. The van der Waals surface area contributed by atoms with Crippen molar-refractivity contribution in [1.82, 2.24) is 5.16 Å². The van der Waals surface area contributed by atoms with Crippen molar-refractivity contribution in [3.05, 3.63) is 46.3 Å². The van der Waals surface area contributed by atoms with Crippen LogP contribution in [-0.4, -0.2) is 32.7 Å². The summed E-state index contributed by atoms with van der Waals surface area (Å²) >= 11 is 5.97. The molecule has 2 aromatic rings. The van der Waals surface area contributed by atoms with Gasteiger partial charge >= 0.3 is 0 Å². The minimum absolute atomic E-state index is 0.0421. The fourth-order valence-corrected chi connectivity index (χ4v) is 3.41. The van der Waals surface area contributed by atoms with Crippen LogP contribution in [0, 0.1) is 0 Å². The smallest absolute Gasteiger partial charge is 0.254 e. The van der Waals surface area contributed by atoms with E-state index in [1.807, 2.05) is 0 Å². The van der Waals surface area contributed by atoms with Crippen molar-refractivity contribution >= 4 is 33.1 Å². The number of hydrogen-bond donors (Lipinski definition) is 0. The topological polar surface area (TPSA) is 89.7 Å². The Hall–Kier alpha value is -1.90. The predicted octanol–water partition coefficient (Wildman–Crippen LogP) is 2.76. The van der Waals surface area contributed by atoms with Gasteiger partial charge in [-0.1, -0.05) is 16.8 Å². The molecule has 1 heterocycles. The van der Waals surface area contributed by atoms with Gasteiger partial charge in [0.2, 0.25) is 0 Å². The van der Waals surface area contributed by atoms with Crippen LogP contribution in [0.2, 0.25) is 5.02 Å². The molecular formula is C15H15ClN2O5S. The molecule has 1 aliphatic carbocycles. The minimum Gasteiger partial charge on any atom is -0.360 e. The third-order valence-electron chi connectivity index (χ3n) is 3.66. The van der Waals surface area contributed by atoms with Crippen LogP contribution in [-0.2, 0) is 14.9 Å². The van der Waals surface area contributed by atoms with Gasteiger partial charge in [-0.3, -0.25) is 9.63 Å². The second-order valence-corrected chi connectivity index (χ2v) is 7.78. The molecule has 0 bridgehead atoms. The Morgan fingerprint density at radius 3 is 2.67 bits per heavy atom. The van der Waals surface area contributed by atoms with Gasteiger partial charge in [-0.05, 0) is 31.0 Å². The Morgan fingerprint density at radius 2 is 2.08 bits per heavy atom. The molecule has 1 aromatic heterocycles. The van der Waals surface area contributed by atoms with E-state index in [0.717, 1.165) is 19.1 Å². The fourth-order valence-electron chi connectivity index (χ4n) is 2.46. The fraction of sp³-hybridized carbons (Fsp3) is 0.333. The highest BCUT2D eigenvalue weighted by molar-refractivity contribution is 7.91. The van der Waals surface area contributed by atoms with Crippen molar-refractivity contribution in [1.29, 1.82) is 0 Å². The summed E-state index contributed by atoms with van der Waals surface area (Å²) in [6.45, 7) is 0. The average Bonchev–Trinajstić information content (AvgIpc) is 3.23. The van der Waals surface area contributed by atoms with E-state index >= 15 is 0 Å². The predicted molar refractivity (Wildman–Crippen MR) is 87.7 cm³/mol. The maximum absolute atomic E-state index is 12.9. The number of carbonyl (C=O) groups excluding carboxylic acids is 1. The van der Waals surface area contributed by atoms with Gasteiger partial charge in [-0.2, -0.15) is 0 Å². The molecule has 0 radical (unpaired) electrons. The second kappa shape index (κ2) is 6.19. The van der Waals surface area contributed by atoms with Gasteiger partial charge in [0.1, 0.15) is 0 Å². The van der Waals surface area contributed by atoms with E-state index in [2.05, 4.69) is 5.16 Å². The largest absolute Gasteiger partial charge is 0.360 e. The van der Waals surface area contributed by atoms with Crippen molar-refractivity contribution in [2.75, 3.05) is 17.8 Å². The molecule has 3 rings (SSSR count). The SMILES string of the molecule is CON(c1cc(Cl)ccc1C(=O)c1cnoc1C1CC1)S(C)(=O)=O. The van der Waals surface area contributed by atoms with Crippen molar-refractivity contribution in [3.8, 4) is 0 Å². The van der Waals surface area contributed by atoms with Crippen molar-refractivity contribution in [2.45, 2.75) is 18.8 Å². The standard InChI is InChI=1S/C15H15ClN2O5S/c1-22-18(24(2,20)21)13-7-10(16)5-6-11(13)14(19)12-8-17-23-15(12)9-3-4-9/h5-9H,3-4H2,1-2H3. The number of carbonyl (C=O) groups is 1. The van der Waals surface area contributed by atoms with Crippen LogP contribution in [0.4, 0.5) is 5.69 Å². The third-order valence-corrected chi connectivity index (χ3v) is 4.84. The maximum atomic E-state index is 12.9. The normalized spacial score (nSPS) is 14.6. The molecule has 1 fully saturated rings. The van der Waals surface area contributed by atoms with Crippen LogP contribution < -0.4 is 4.47 Å². The highest BCUT2D eigenvalue weighted by atomic mass is 35.5. The zero-order valence-corrected chi connectivity index (χ0v) is 14.6. The Balaban J connectivity index is 2.10. The lowest BCUT2D eigenvalue weighted by Gasteiger charge is -2.21. The van der Waals surface area contributed by atoms with E-state index in [1.54, 1.807) is 0 Å². The van der Waals surface area contributed by atoms with Gasteiger partial charge in [0.05, 0.1) is 30.8 Å². The lowest BCUT2D eigenvalue weighted by molar-refractivity contribution is 0.103. The summed E-state index contributed by atoms with van der Waals surface area (Å²) in [5.41, 5.74) is 0.503. The molecule has 0 N–H and O–H groups in total. The zero-order valence-electron chi connectivity index (χ0n) is 13.0. The number of anilines is 1. The molecule has 1 aromatic carbocycles. The molecule has 128 valence electrons. The van der Waals surface area contributed by atoms with Crippen LogP contribution in [0.25, 0.3) is 0 Å². The number of benzene rings is 1. The van der Waals surface area contributed by atoms with Crippen LogP contribution in [0.5, 0.6) is 0 Å². The zero-order chi connectivity index (χ0) is 17.5. The number of sulfonamides is 1. The average molecular weight is 371 g/mol. The summed E-state index contributed by atoms with van der Waals surface area (Å²) in [6, 6.07) is 4.34. The molecule has 0 saturated heterocycles. The lowest BCUT2D eigenvalue weighted by atomic mass is 10.0. The minimum atomic E-state index is -3.76.